The van der Waals surface area contributed by atoms with Crippen molar-refractivity contribution in [3.05, 3.63) is 34.9 Å². The summed E-state index contributed by atoms with van der Waals surface area (Å²) < 4.78 is 4.44. The van der Waals surface area contributed by atoms with Gasteiger partial charge in [0.15, 0.2) is 0 Å². The number of hydrogen-bond acceptors (Lipinski definition) is 4. The molecule has 1 aromatic carbocycles. The maximum Gasteiger partial charge on any atom is 0.317 e. The molecule has 0 aromatic heterocycles. The van der Waals surface area contributed by atoms with Crippen LogP contribution in [0.2, 0.25) is 0 Å². The summed E-state index contributed by atoms with van der Waals surface area (Å²) >= 11 is 0. The van der Waals surface area contributed by atoms with Crippen molar-refractivity contribution >= 4 is 17.8 Å². The topological polar surface area (TPSA) is 72.5 Å². The molecule has 2 rings (SSSR count). The van der Waals surface area contributed by atoms with E-state index < -0.39 is 17.8 Å². The quantitative estimate of drug-likeness (QED) is 0.442. The SMILES string of the molecule is COC(=O)CC#Cc1ccc2c(c1)C(=O)NC2=O. The van der Waals surface area contributed by atoms with E-state index in [1.54, 1.807) is 6.07 Å². The predicted molar refractivity (Wildman–Crippen MR) is 61.7 cm³/mol. The van der Waals surface area contributed by atoms with Gasteiger partial charge in [0.25, 0.3) is 11.8 Å². The molecular weight excluding hydrogens is 234 g/mol. The van der Waals surface area contributed by atoms with E-state index >= 15 is 0 Å². The molecule has 1 aromatic rings. The molecule has 18 heavy (non-hydrogen) atoms. The lowest BCUT2D eigenvalue weighted by Gasteiger charge is -1.95. The van der Waals surface area contributed by atoms with Crippen molar-refractivity contribution in [2.75, 3.05) is 7.11 Å². The molecule has 0 spiro atoms. The maximum absolute atomic E-state index is 11.4. The number of amides is 2. The maximum atomic E-state index is 11.4. The van der Waals surface area contributed by atoms with Crippen LogP contribution >= 0.6 is 0 Å². The van der Waals surface area contributed by atoms with E-state index in [2.05, 4.69) is 21.9 Å². The third kappa shape index (κ3) is 2.23. The molecule has 0 saturated heterocycles. The number of imide groups is 1. The van der Waals surface area contributed by atoms with Crippen LogP contribution < -0.4 is 5.32 Å². The molecule has 0 bridgehead atoms. The first-order valence-electron chi connectivity index (χ1n) is 5.17. The van der Waals surface area contributed by atoms with Gasteiger partial charge in [-0.15, -0.1) is 0 Å². The summed E-state index contributed by atoms with van der Waals surface area (Å²) in [5.74, 6) is 4.12. The van der Waals surface area contributed by atoms with Crippen LogP contribution in [0.15, 0.2) is 18.2 Å². The van der Waals surface area contributed by atoms with E-state index in [-0.39, 0.29) is 6.42 Å². The lowest BCUT2D eigenvalue weighted by Crippen LogP contribution is -2.19. The van der Waals surface area contributed by atoms with Crippen LogP contribution in [0.3, 0.4) is 0 Å². The summed E-state index contributed by atoms with van der Waals surface area (Å²) in [6.45, 7) is 0. The highest BCUT2D eigenvalue weighted by atomic mass is 16.5. The fraction of sp³-hybridized carbons (Fsp3) is 0.154. The Kier molecular flexibility index (Phi) is 3.11. The van der Waals surface area contributed by atoms with Gasteiger partial charge in [0.2, 0.25) is 0 Å². The Bertz CT molecular complexity index is 607. The van der Waals surface area contributed by atoms with Gasteiger partial charge in [-0.3, -0.25) is 19.7 Å². The summed E-state index contributed by atoms with van der Waals surface area (Å²) in [6.07, 6.45) is -0.0152. The molecule has 1 heterocycles. The number of hydrogen-bond donors (Lipinski definition) is 1. The van der Waals surface area contributed by atoms with Crippen molar-refractivity contribution in [2.24, 2.45) is 0 Å². The first kappa shape index (κ1) is 11.9. The molecule has 5 nitrogen and oxygen atoms in total. The first-order valence-corrected chi connectivity index (χ1v) is 5.17. The molecule has 0 radical (unpaired) electrons. The Balaban J connectivity index is 2.22. The number of rotatable bonds is 1. The summed E-state index contributed by atoms with van der Waals surface area (Å²) in [6, 6.07) is 4.69. The standard InChI is InChI=1S/C13H9NO4/c1-18-11(15)4-2-3-8-5-6-9-10(7-8)13(17)14-12(9)16/h5-7H,4H2,1H3,(H,14,16,17). The summed E-state index contributed by atoms with van der Waals surface area (Å²) in [4.78, 5) is 33.6. The molecule has 0 unspecified atom stereocenters. The minimum Gasteiger partial charge on any atom is -0.468 e. The van der Waals surface area contributed by atoms with Crippen molar-refractivity contribution in [1.29, 1.82) is 0 Å². The van der Waals surface area contributed by atoms with Crippen molar-refractivity contribution in [3.8, 4) is 11.8 Å². The van der Waals surface area contributed by atoms with Crippen LogP contribution in [-0.2, 0) is 9.53 Å². The molecule has 90 valence electrons. The first-order chi connectivity index (χ1) is 8.61. The average molecular weight is 243 g/mol. The zero-order chi connectivity index (χ0) is 13.1. The minimum absolute atomic E-state index is 0.0152. The largest absolute Gasteiger partial charge is 0.468 e. The Labute approximate surface area is 103 Å². The molecule has 2 amide bonds. The average Bonchev–Trinajstić information content (AvgIpc) is 2.64. The number of methoxy groups -OCH3 is 1. The van der Waals surface area contributed by atoms with Gasteiger partial charge < -0.3 is 4.74 Å². The van der Waals surface area contributed by atoms with E-state index in [4.69, 9.17) is 0 Å². The van der Waals surface area contributed by atoms with Gasteiger partial charge in [-0.2, -0.15) is 0 Å². The number of carbonyl (C=O) groups is 3. The van der Waals surface area contributed by atoms with Crippen LogP contribution in [-0.4, -0.2) is 24.9 Å². The van der Waals surface area contributed by atoms with Gasteiger partial charge in [-0.1, -0.05) is 11.8 Å². The fourth-order valence-electron chi connectivity index (χ4n) is 1.54. The normalized spacial score (nSPS) is 12.3. The van der Waals surface area contributed by atoms with Crippen molar-refractivity contribution in [2.45, 2.75) is 6.42 Å². The number of carbonyl (C=O) groups excluding carboxylic acids is 3. The summed E-state index contributed by atoms with van der Waals surface area (Å²) in [5.41, 5.74) is 1.23. The van der Waals surface area contributed by atoms with Gasteiger partial charge >= 0.3 is 5.97 Å². The number of ether oxygens (including phenoxy) is 1. The van der Waals surface area contributed by atoms with Crippen molar-refractivity contribution < 1.29 is 19.1 Å². The minimum atomic E-state index is -0.424. The van der Waals surface area contributed by atoms with Crippen LogP contribution in [0.5, 0.6) is 0 Å². The van der Waals surface area contributed by atoms with Gasteiger partial charge in [0.1, 0.15) is 6.42 Å². The van der Waals surface area contributed by atoms with E-state index in [1.807, 2.05) is 0 Å². The van der Waals surface area contributed by atoms with Gasteiger partial charge in [0.05, 0.1) is 18.2 Å². The van der Waals surface area contributed by atoms with Crippen LogP contribution in [0.4, 0.5) is 0 Å². The molecular formula is C13H9NO4. The van der Waals surface area contributed by atoms with E-state index in [1.165, 1.54) is 19.2 Å². The molecule has 0 saturated carbocycles. The van der Waals surface area contributed by atoms with Gasteiger partial charge in [-0.25, -0.2) is 0 Å². The monoisotopic (exact) mass is 243 g/mol. The van der Waals surface area contributed by atoms with E-state index in [0.29, 0.717) is 16.7 Å². The van der Waals surface area contributed by atoms with Crippen LogP contribution in [0.25, 0.3) is 0 Å². The molecule has 0 atom stereocenters. The van der Waals surface area contributed by atoms with E-state index in [9.17, 15) is 14.4 Å². The second-order valence-corrected chi connectivity index (χ2v) is 3.60. The lowest BCUT2D eigenvalue weighted by molar-refractivity contribution is -0.139. The third-order valence-corrected chi connectivity index (χ3v) is 2.43. The summed E-state index contributed by atoms with van der Waals surface area (Å²) in [5, 5.41) is 2.19. The Morgan fingerprint density at radius 2 is 2.00 bits per heavy atom. The molecule has 1 N–H and O–H groups in total. The van der Waals surface area contributed by atoms with Crippen LogP contribution in [0, 0.1) is 11.8 Å². The highest BCUT2D eigenvalue weighted by Gasteiger charge is 2.26. The molecule has 0 fully saturated rings. The Hall–Kier alpha value is -2.61. The lowest BCUT2D eigenvalue weighted by atomic mass is 10.1. The zero-order valence-corrected chi connectivity index (χ0v) is 9.57. The Morgan fingerprint density at radius 3 is 2.72 bits per heavy atom. The number of fused-ring (bicyclic) bond motifs is 1. The number of esters is 1. The predicted octanol–water partition coefficient (Wildman–Crippen LogP) is 0.485. The third-order valence-electron chi connectivity index (χ3n) is 2.43. The van der Waals surface area contributed by atoms with Crippen molar-refractivity contribution in [3.63, 3.8) is 0 Å². The highest BCUT2D eigenvalue weighted by Crippen LogP contribution is 2.16. The van der Waals surface area contributed by atoms with Gasteiger partial charge in [-0.05, 0) is 18.2 Å². The zero-order valence-electron chi connectivity index (χ0n) is 9.57. The fourth-order valence-corrected chi connectivity index (χ4v) is 1.54. The Morgan fingerprint density at radius 1 is 1.28 bits per heavy atom. The van der Waals surface area contributed by atoms with Gasteiger partial charge in [0, 0.05) is 5.56 Å². The molecule has 5 heteroatoms. The molecule has 1 aliphatic rings. The number of benzene rings is 1. The van der Waals surface area contributed by atoms with Crippen molar-refractivity contribution in [1.82, 2.24) is 5.32 Å². The molecule has 0 aliphatic carbocycles. The molecule has 1 aliphatic heterocycles. The highest BCUT2D eigenvalue weighted by molar-refractivity contribution is 6.21. The second kappa shape index (κ2) is 4.72. The number of nitrogens with one attached hydrogen (secondary N) is 1. The smallest absolute Gasteiger partial charge is 0.317 e. The summed E-state index contributed by atoms with van der Waals surface area (Å²) in [7, 11) is 1.29. The van der Waals surface area contributed by atoms with Crippen LogP contribution in [0.1, 0.15) is 32.7 Å². The van der Waals surface area contributed by atoms with E-state index in [0.717, 1.165) is 0 Å². The second-order valence-electron chi connectivity index (χ2n) is 3.60.